The molecule has 0 bridgehead atoms. The molecule has 4 nitrogen and oxygen atoms in total. The molecule has 0 heterocycles. The van der Waals surface area contributed by atoms with Gasteiger partial charge in [-0.1, -0.05) is 12.1 Å². The van der Waals surface area contributed by atoms with Crippen LogP contribution < -0.4 is 11.1 Å². The average Bonchev–Trinajstić information content (AvgIpc) is 2.29. The van der Waals surface area contributed by atoms with Crippen LogP contribution in [0.5, 0.6) is 0 Å². The highest BCUT2D eigenvalue weighted by atomic mass is 19.1. The number of hydrogen-bond donors (Lipinski definition) is 2. The van der Waals surface area contributed by atoms with Crippen LogP contribution in [0.1, 0.15) is 31.9 Å². The third kappa shape index (κ3) is 6.02. The van der Waals surface area contributed by atoms with Gasteiger partial charge in [0.2, 0.25) is 0 Å². The van der Waals surface area contributed by atoms with Crippen LogP contribution in [0, 0.1) is 12.7 Å². The fourth-order valence-corrected chi connectivity index (χ4v) is 1.67. The fourth-order valence-electron chi connectivity index (χ4n) is 1.67. The Labute approximate surface area is 119 Å². The fraction of sp³-hybridized carbons (Fsp3) is 0.533. The van der Waals surface area contributed by atoms with E-state index in [0.29, 0.717) is 12.0 Å². The van der Waals surface area contributed by atoms with E-state index in [-0.39, 0.29) is 18.4 Å². The molecule has 20 heavy (non-hydrogen) atoms. The number of carbonyl (C=O) groups is 1. The molecule has 1 aromatic carbocycles. The number of amides is 1. The average molecular weight is 282 g/mol. The molecule has 3 N–H and O–H groups in total. The maximum atomic E-state index is 13.4. The molecule has 0 aromatic heterocycles. The lowest BCUT2D eigenvalue weighted by atomic mass is 10.0. The monoisotopic (exact) mass is 282 g/mol. The number of halogens is 1. The van der Waals surface area contributed by atoms with Crippen LogP contribution in [0.4, 0.5) is 9.18 Å². The second-order valence-electron chi connectivity index (χ2n) is 5.93. The van der Waals surface area contributed by atoms with E-state index >= 15 is 0 Å². The topological polar surface area (TPSA) is 64.3 Å². The van der Waals surface area contributed by atoms with Gasteiger partial charge in [-0.3, -0.25) is 0 Å². The summed E-state index contributed by atoms with van der Waals surface area (Å²) < 4.78 is 18.5. The quantitative estimate of drug-likeness (QED) is 0.892. The van der Waals surface area contributed by atoms with Gasteiger partial charge in [-0.05, 0) is 51.3 Å². The molecule has 0 radical (unpaired) electrons. The van der Waals surface area contributed by atoms with Crippen molar-refractivity contribution in [3.8, 4) is 0 Å². The van der Waals surface area contributed by atoms with Crippen LogP contribution in [0.25, 0.3) is 0 Å². The second kappa shape index (κ2) is 6.70. The Balaban J connectivity index is 2.42. The van der Waals surface area contributed by atoms with Crippen molar-refractivity contribution in [3.63, 3.8) is 0 Å². The zero-order chi connectivity index (χ0) is 15.3. The Morgan fingerprint density at radius 3 is 2.65 bits per heavy atom. The Morgan fingerprint density at radius 2 is 2.10 bits per heavy atom. The lowest BCUT2D eigenvalue weighted by molar-refractivity contribution is 0.0524. The van der Waals surface area contributed by atoms with Crippen molar-refractivity contribution in [3.05, 3.63) is 35.1 Å². The molecule has 1 atom stereocenters. The van der Waals surface area contributed by atoms with Crippen molar-refractivity contribution in [2.45, 2.75) is 45.8 Å². The first-order valence-corrected chi connectivity index (χ1v) is 6.65. The predicted molar refractivity (Wildman–Crippen MR) is 77.1 cm³/mol. The zero-order valence-electron chi connectivity index (χ0n) is 12.5. The smallest absolute Gasteiger partial charge is 0.407 e. The summed E-state index contributed by atoms with van der Waals surface area (Å²) in [7, 11) is 0. The number of hydrogen-bond acceptors (Lipinski definition) is 3. The van der Waals surface area contributed by atoms with E-state index in [9.17, 15) is 9.18 Å². The summed E-state index contributed by atoms with van der Waals surface area (Å²) in [6.07, 6.45) is -0.00413. The molecule has 1 amide bonds. The zero-order valence-corrected chi connectivity index (χ0v) is 12.5. The molecule has 1 rings (SSSR count). The van der Waals surface area contributed by atoms with E-state index in [1.165, 1.54) is 6.07 Å². The third-order valence-corrected chi connectivity index (χ3v) is 2.64. The van der Waals surface area contributed by atoms with E-state index in [1.807, 2.05) is 6.07 Å². The highest BCUT2D eigenvalue weighted by Crippen LogP contribution is 2.10. The number of nitrogens with two attached hydrogens (primary N) is 1. The summed E-state index contributed by atoms with van der Waals surface area (Å²) in [5, 5.41) is 2.61. The molecule has 112 valence electrons. The minimum Gasteiger partial charge on any atom is -0.444 e. The molecule has 5 heteroatoms. The molecule has 0 aliphatic heterocycles. The number of alkyl carbamates (subject to hydrolysis) is 1. The number of rotatable bonds is 4. The lowest BCUT2D eigenvalue weighted by Crippen LogP contribution is -2.41. The Bertz CT molecular complexity index is 469. The first-order valence-electron chi connectivity index (χ1n) is 6.65. The van der Waals surface area contributed by atoms with Gasteiger partial charge in [0.1, 0.15) is 11.4 Å². The van der Waals surface area contributed by atoms with Crippen molar-refractivity contribution >= 4 is 6.09 Å². The highest BCUT2D eigenvalue weighted by molar-refractivity contribution is 5.67. The van der Waals surface area contributed by atoms with Crippen molar-refractivity contribution in [1.82, 2.24) is 5.32 Å². The Morgan fingerprint density at radius 1 is 1.45 bits per heavy atom. The first-order chi connectivity index (χ1) is 9.17. The molecule has 0 spiro atoms. The summed E-state index contributed by atoms with van der Waals surface area (Å²) in [6.45, 7) is 7.37. The third-order valence-electron chi connectivity index (χ3n) is 2.64. The van der Waals surface area contributed by atoms with Gasteiger partial charge < -0.3 is 15.8 Å². The maximum absolute atomic E-state index is 13.4. The minimum atomic E-state index is -0.533. The molecule has 0 saturated heterocycles. The van der Waals surface area contributed by atoms with Crippen molar-refractivity contribution in [2.24, 2.45) is 5.73 Å². The molecular formula is C15H23FN2O2. The van der Waals surface area contributed by atoms with E-state index < -0.39 is 11.7 Å². The van der Waals surface area contributed by atoms with Crippen LogP contribution in [0.2, 0.25) is 0 Å². The molecule has 1 unspecified atom stereocenters. The summed E-state index contributed by atoms with van der Waals surface area (Å²) in [5.74, 6) is -0.241. The van der Waals surface area contributed by atoms with Gasteiger partial charge in [-0.25, -0.2) is 9.18 Å². The van der Waals surface area contributed by atoms with E-state index in [4.69, 9.17) is 10.5 Å². The molecule has 0 aliphatic carbocycles. The normalized spacial score (nSPS) is 12.9. The molecule has 0 aliphatic rings. The van der Waals surface area contributed by atoms with Crippen molar-refractivity contribution in [1.29, 1.82) is 0 Å². The van der Waals surface area contributed by atoms with Crippen LogP contribution in [0.3, 0.4) is 0 Å². The van der Waals surface area contributed by atoms with E-state index in [1.54, 1.807) is 33.8 Å². The van der Waals surface area contributed by atoms with Crippen LogP contribution in [-0.4, -0.2) is 24.3 Å². The molecular weight excluding hydrogens is 259 g/mol. The number of ether oxygens (including phenoxy) is 1. The largest absolute Gasteiger partial charge is 0.444 e. The Hall–Kier alpha value is -1.62. The van der Waals surface area contributed by atoms with Crippen LogP contribution in [-0.2, 0) is 11.2 Å². The minimum absolute atomic E-state index is 0.241. The number of carbonyl (C=O) groups excluding carboxylic acids is 1. The van der Waals surface area contributed by atoms with Gasteiger partial charge >= 0.3 is 6.09 Å². The van der Waals surface area contributed by atoms with Gasteiger partial charge in [-0.2, -0.15) is 0 Å². The standard InChI is InChI=1S/C15H23FN2O2/c1-10-5-6-11(8-13(10)16)7-12(17)9-18-14(19)20-15(2,3)4/h5-6,8,12H,7,9,17H2,1-4H3,(H,18,19). The van der Waals surface area contributed by atoms with Crippen molar-refractivity contribution < 1.29 is 13.9 Å². The molecule has 0 saturated carbocycles. The van der Waals surface area contributed by atoms with E-state index in [2.05, 4.69) is 5.32 Å². The highest BCUT2D eigenvalue weighted by Gasteiger charge is 2.16. The molecule has 0 fully saturated rings. The second-order valence-corrected chi connectivity index (χ2v) is 5.93. The van der Waals surface area contributed by atoms with Gasteiger partial charge in [-0.15, -0.1) is 0 Å². The van der Waals surface area contributed by atoms with Gasteiger partial charge in [0.25, 0.3) is 0 Å². The summed E-state index contributed by atoms with van der Waals surface area (Å²) >= 11 is 0. The van der Waals surface area contributed by atoms with Crippen LogP contribution in [0.15, 0.2) is 18.2 Å². The molecule has 1 aromatic rings. The Kier molecular flexibility index (Phi) is 5.51. The van der Waals surface area contributed by atoms with Gasteiger partial charge in [0.15, 0.2) is 0 Å². The number of nitrogens with one attached hydrogen (secondary N) is 1. The number of benzene rings is 1. The van der Waals surface area contributed by atoms with E-state index in [0.717, 1.165) is 5.56 Å². The SMILES string of the molecule is Cc1ccc(CC(N)CNC(=O)OC(C)(C)C)cc1F. The lowest BCUT2D eigenvalue weighted by Gasteiger charge is -2.20. The van der Waals surface area contributed by atoms with Crippen LogP contribution >= 0.6 is 0 Å². The van der Waals surface area contributed by atoms with Gasteiger partial charge in [0, 0.05) is 12.6 Å². The number of aryl methyl sites for hydroxylation is 1. The summed E-state index contributed by atoms with van der Waals surface area (Å²) in [6, 6.07) is 4.75. The maximum Gasteiger partial charge on any atom is 0.407 e. The van der Waals surface area contributed by atoms with Gasteiger partial charge in [0.05, 0.1) is 0 Å². The van der Waals surface area contributed by atoms with Crippen molar-refractivity contribution in [2.75, 3.05) is 6.54 Å². The first kappa shape index (κ1) is 16.4. The predicted octanol–water partition coefficient (Wildman–Crippen LogP) is 2.53. The summed E-state index contributed by atoms with van der Waals surface area (Å²) in [5.41, 5.74) is 6.80. The summed E-state index contributed by atoms with van der Waals surface area (Å²) in [4.78, 5) is 11.5.